The molecule has 0 radical (unpaired) electrons. The number of hydrogen-bond acceptors (Lipinski definition) is 4. The lowest BCUT2D eigenvalue weighted by molar-refractivity contribution is -0.136. The molecule has 3 amide bonds. The molecule has 2 aromatic carbocycles. The van der Waals surface area contributed by atoms with Crippen LogP contribution in [-0.4, -0.2) is 46.3 Å². The first kappa shape index (κ1) is 28.9. The second-order valence-electron chi connectivity index (χ2n) is 11.2. The van der Waals surface area contributed by atoms with Crippen LogP contribution >= 0.6 is 0 Å². The van der Waals surface area contributed by atoms with Crippen molar-refractivity contribution in [2.45, 2.75) is 72.4 Å². The second-order valence-corrected chi connectivity index (χ2v) is 11.2. The van der Waals surface area contributed by atoms with Gasteiger partial charge < -0.3 is 20.6 Å². The van der Waals surface area contributed by atoms with Crippen LogP contribution in [0.2, 0.25) is 0 Å². The molecule has 1 aliphatic carbocycles. The summed E-state index contributed by atoms with van der Waals surface area (Å²) in [5, 5.41) is 14.3. The maximum absolute atomic E-state index is 13.5. The molecule has 0 spiro atoms. The molecule has 0 unspecified atom stereocenters. The molecule has 1 fully saturated rings. The zero-order valence-corrected chi connectivity index (χ0v) is 22.8. The molecule has 8 nitrogen and oxygen atoms in total. The maximum atomic E-state index is 13.5. The van der Waals surface area contributed by atoms with Gasteiger partial charge in [0.2, 0.25) is 0 Å². The van der Waals surface area contributed by atoms with Crippen LogP contribution in [0.25, 0.3) is 0 Å². The van der Waals surface area contributed by atoms with E-state index in [2.05, 4.69) is 31.4 Å². The first-order valence-corrected chi connectivity index (χ1v) is 13.2. The minimum Gasteiger partial charge on any atom is -0.481 e. The zero-order valence-electron chi connectivity index (χ0n) is 22.8. The molecule has 2 aromatic rings. The van der Waals surface area contributed by atoms with Crippen LogP contribution in [0.1, 0.15) is 86.1 Å². The molecular weight excluding hydrogens is 482 g/mol. The number of ketones is 1. The predicted molar refractivity (Wildman–Crippen MR) is 147 cm³/mol. The normalized spacial score (nSPS) is 17.4. The first-order valence-electron chi connectivity index (χ1n) is 13.2. The van der Waals surface area contributed by atoms with E-state index in [1.54, 1.807) is 36.4 Å². The van der Waals surface area contributed by atoms with Crippen molar-refractivity contribution in [3.8, 4) is 0 Å². The van der Waals surface area contributed by atoms with Gasteiger partial charge >= 0.3 is 12.0 Å². The minimum atomic E-state index is -0.967. The van der Waals surface area contributed by atoms with Crippen molar-refractivity contribution in [1.29, 1.82) is 0 Å². The SMILES string of the molecule is CC(=O)c1ccc(NC(=O)N(Cc2ccc(C(=O)NCCC(=O)O)cc2)C2CCC(C(C)(C)C)CC2)cc1. The van der Waals surface area contributed by atoms with E-state index in [0.29, 0.717) is 29.3 Å². The Morgan fingerprint density at radius 1 is 0.895 bits per heavy atom. The van der Waals surface area contributed by atoms with Crippen molar-refractivity contribution in [3.05, 3.63) is 65.2 Å². The van der Waals surface area contributed by atoms with Crippen LogP contribution in [-0.2, 0) is 11.3 Å². The van der Waals surface area contributed by atoms with Crippen LogP contribution in [0.15, 0.2) is 48.5 Å². The highest BCUT2D eigenvalue weighted by atomic mass is 16.4. The summed E-state index contributed by atoms with van der Waals surface area (Å²) in [4.78, 5) is 49.9. The van der Waals surface area contributed by atoms with E-state index < -0.39 is 5.97 Å². The minimum absolute atomic E-state index is 0.0286. The highest BCUT2D eigenvalue weighted by Crippen LogP contribution is 2.39. The largest absolute Gasteiger partial charge is 0.481 e. The number of carboxylic acid groups (broad SMARTS) is 1. The van der Waals surface area contributed by atoms with Crippen molar-refractivity contribution in [2.24, 2.45) is 11.3 Å². The van der Waals surface area contributed by atoms with E-state index in [1.165, 1.54) is 6.92 Å². The third-order valence-corrected chi connectivity index (χ3v) is 7.36. The third-order valence-electron chi connectivity index (χ3n) is 7.36. The molecule has 204 valence electrons. The van der Waals surface area contributed by atoms with Crippen molar-refractivity contribution in [2.75, 3.05) is 11.9 Å². The van der Waals surface area contributed by atoms with Crippen LogP contribution in [0.3, 0.4) is 0 Å². The lowest BCUT2D eigenvalue weighted by atomic mass is 9.71. The van der Waals surface area contributed by atoms with Crippen molar-refractivity contribution in [3.63, 3.8) is 0 Å². The molecule has 0 heterocycles. The molecule has 0 aliphatic heterocycles. The fraction of sp³-hybridized carbons (Fsp3) is 0.467. The van der Waals surface area contributed by atoms with E-state index in [1.807, 2.05) is 17.0 Å². The number of carbonyl (C=O) groups is 4. The highest BCUT2D eigenvalue weighted by Gasteiger charge is 2.33. The number of carbonyl (C=O) groups excluding carboxylic acids is 3. The van der Waals surface area contributed by atoms with E-state index in [4.69, 9.17) is 5.11 Å². The molecule has 3 N–H and O–H groups in total. The van der Waals surface area contributed by atoms with Crippen LogP contribution < -0.4 is 10.6 Å². The number of nitrogens with zero attached hydrogens (tertiary/aromatic N) is 1. The topological polar surface area (TPSA) is 116 Å². The predicted octanol–water partition coefficient (Wildman–Crippen LogP) is 5.73. The molecular formula is C30H39N3O5. The summed E-state index contributed by atoms with van der Waals surface area (Å²) in [6.45, 7) is 8.78. The van der Waals surface area contributed by atoms with E-state index in [9.17, 15) is 19.2 Å². The van der Waals surface area contributed by atoms with E-state index in [0.717, 1.165) is 31.2 Å². The molecule has 0 bridgehead atoms. The average molecular weight is 522 g/mol. The van der Waals surface area contributed by atoms with E-state index >= 15 is 0 Å². The fourth-order valence-corrected chi connectivity index (χ4v) is 4.95. The summed E-state index contributed by atoms with van der Waals surface area (Å²) in [5.41, 5.74) is 2.78. The Labute approximate surface area is 224 Å². The summed E-state index contributed by atoms with van der Waals surface area (Å²) in [6.07, 6.45) is 3.82. The van der Waals surface area contributed by atoms with Crippen LogP contribution in [0.4, 0.5) is 10.5 Å². The molecule has 3 rings (SSSR count). The quantitative estimate of drug-likeness (QED) is 0.364. The summed E-state index contributed by atoms with van der Waals surface area (Å²) < 4.78 is 0. The molecule has 1 aliphatic rings. The van der Waals surface area contributed by atoms with Gasteiger partial charge in [-0.2, -0.15) is 0 Å². The summed E-state index contributed by atoms with van der Waals surface area (Å²) in [5.74, 6) is -0.715. The standard InChI is InChI=1S/C30H39N3O5/c1-20(34)22-9-13-25(14-10-22)32-29(38)33(26-15-11-24(12-16-26)30(2,3)4)19-21-5-7-23(8-6-21)28(37)31-18-17-27(35)36/h5-10,13-14,24,26H,11-12,15-19H2,1-4H3,(H,31,37)(H,32,38)(H,35,36). The van der Waals surface area contributed by atoms with E-state index in [-0.39, 0.29) is 42.1 Å². The van der Waals surface area contributed by atoms with Gasteiger partial charge in [-0.15, -0.1) is 0 Å². The fourth-order valence-electron chi connectivity index (χ4n) is 4.95. The number of anilines is 1. The number of rotatable bonds is 9. The van der Waals surface area contributed by atoms with Gasteiger partial charge in [0.1, 0.15) is 0 Å². The zero-order chi connectivity index (χ0) is 27.9. The molecule has 8 heteroatoms. The first-order chi connectivity index (χ1) is 17.9. The van der Waals surface area contributed by atoms with Gasteiger partial charge in [0.15, 0.2) is 5.78 Å². The highest BCUT2D eigenvalue weighted by molar-refractivity contribution is 5.95. The van der Waals surface area contributed by atoms with Crippen molar-refractivity contribution >= 4 is 29.4 Å². The average Bonchev–Trinajstić information content (AvgIpc) is 2.87. The van der Waals surface area contributed by atoms with Gasteiger partial charge in [-0.05, 0) is 85.9 Å². The number of amides is 3. The van der Waals surface area contributed by atoms with Gasteiger partial charge in [-0.3, -0.25) is 14.4 Å². The Balaban J connectivity index is 1.73. The third kappa shape index (κ3) is 8.16. The monoisotopic (exact) mass is 521 g/mol. The van der Waals surface area contributed by atoms with Gasteiger partial charge in [0.25, 0.3) is 5.91 Å². The summed E-state index contributed by atoms with van der Waals surface area (Å²) in [7, 11) is 0. The Kier molecular flexibility index (Phi) is 9.66. The summed E-state index contributed by atoms with van der Waals surface area (Å²) >= 11 is 0. The Morgan fingerprint density at radius 3 is 2.00 bits per heavy atom. The van der Waals surface area contributed by atoms with Crippen molar-refractivity contribution < 1.29 is 24.3 Å². The van der Waals surface area contributed by atoms with Gasteiger partial charge in [-0.25, -0.2) is 4.79 Å². The van der Waals surface area contributed by atoms with Crippen LogP contribution in [0.5, 0.6) is 0 Å². The molecule has 0 saturated heterocycles. The Hall–Kier alpha value is -3.68. The lowest BCUT2D eigenvalue weighted by Gasteiger charge is -2.41. The molecule has 38 heavy (non-hydrogen) atoms. The molecule has 0 atom stereocenters. The Morgan fingerprint density at radius 2 is 1.47 bits per heavy atom. The summed E-state index contributed by atoms with van der Waals surface area (Å²) in [6, 6.07) is 13.8. The Bertz CT molecular complexity index is 1130. The number of aliphatic carboxylic acids is 1. The number of nitrogens with one attached hydrogen (secondary N) is 2. The van der Waals surface area contributed by atoms with Gasteiger partial charge in [0, 0.05) is 35.9 Å². The smallest absolute Gasteiger partial charge is 0.322 e. The number of carboxylic acids is 1. The number of Topliss-reactive ketones (excluding diaryl/α,β-unsaturated/α-hetero) is 1. The second kappa shape index (κ2) is 12.7. The number of hydrogen-bond donors (Lipinski definition) is 3. The molecule has 1 saturated carbocycles. The number of benzene rings is 2. The van der Waals surface area contributed by atoms with Gasteiger partial charge in [0.05, 0.1) is 6.42 Å². The van der Waals surface area contributed by atoms with Crippen molar-refractivity contribution in [1.82, 2.24) is 10.2 Å². The number of urea groups is 1. The van der Waals surface area contributed by atoms with Gasteiger partial charge in [-0.1, -0.05) is 32.9 Å². The van der Waals surface area contributed by atoms with Crippen LogP contribution in [0, 0.1) is 11.3 Å². The maximum Gasteiger partial charge on any atom is 0.322 e. The molecule has 0 aromatic heterocycles. The lowest BCUT2D eigenvalue weighted by Crippen LogP contribution is -2.45.